The van der Waals surface area contributed by atoms with Crippen LogP contribution in [0.1, 0.15) is 88.7 Å². The van der Waals surface area contributed by atoms with Crippen LogP contribution in [0, 0.1) is 11.8 Å². The van der Waals surface area contributed by atoms with Crippen molar-refractivity contribution in [3.63, 3.8) is 0 Å². The minimum Gasteiger partial charge on any atom is -0.396 e. The largest absolute Gasteiger partial charge is 0.396 e. The molecule has 1 aliphatic carbocycles. The lowest BCUT2D eigenvalue weighted by atomic mass is 9.78. The van der Waals surface area contributed by atoms with Crippen LogP contribution >= 0.6 is 0 Å². The first kappa shape index (κ1) is 18.5. The third-order valence-electron chi connectivity index (χ3n) is 5.85. The molecule has 0 heterocycles. The summed E-state index contributed by atoms with van der Waals surface area (Å²) in [5.74, 6) is 2.55. The molecule has 1 unspecified atom stereocenters. The van der Waals surface area contributed by atoms with Gasteiger partial charge in [-0.15, -0.1) is 0 Å². The lowest BCUT2D eigenvalue weighted by Gasteiger charge is -2.28. The fraction of sp³-hybridized carbons (Fsp3) is 0.727. The molecular formula is C22H36O. The molecule has 1 N–H and O–H groups in total. The smallest absolute Gasteiger partial charge is 0.0431 e. The van der Waals surface area contributed by atoms with E-state index in [9.17, 15) is 0 Å². The molecule has 1 aromatic carbocycles. The van der Waals surface area contributed by atoms with Crippen LogP contribution in [0.25, 0.3) is 0 Å². The number of hydrogen-bond acceptors (Lipinski definition) is 1. The Morgan fingerprint density at radius 1 is 1.00 bits per heavy atom. The predicted molar refractivity (Wildman–Crippen MR) is 99.9 cm³/mol. The SMILES string of the molecule is CCCC1CCC(CCc2ccc(C(C)CCCO)cc2)CC1. The predicted octanol–water partition coefficient (Wildman–Crippen LogP) is 6.10. The van der Waals surface area contributed by atoms with E-state index in [4.69, 9.17) is 5.11 Å². The average Bonchev–Trinajstić information content (AvgIpc) is 2.60. The summed E-state index contributed by atoms with van der Waals surface area (Å²) in [7, 11) is 0. The van der Waals surface area contributed by atoms with Crippen LogP contribution in [0.5, 0.6) is 0 Å². The first-order valence-electron chi connectivity index (χ1n) is 9.92. The molecule has 0 radical (unpaired) electrons. The third kappa shape index (κ3) is 6.30. The van der Waals surface area contributed by atoms with Crippen LogP contribution in [0.3, 0.4) is 0 Å². The molecule has 2 rings (SSSR count). The second kappa shape index (κ2) is 10.1. The van der Waals surface area contributed by atoms with Crippen LogP contribution in [-0.4, -0.2) is 11.7 Å². The normalized spacial score (nSPS) is 22.9. The Morgan fingerprint density at radius 3 is 2.17 bits per heavy atom. The molecule has 1 saturated carbocycles. The van der Waals surface area contributed by atoms with E-state index in [1.165, 1.54) is 62.5 Å². The molecule has 0 aliphatic heterocycles. The molecule has 1 nitrogen and oxygen atoms in total. The van der Waals surface area contributed by atoms with E-state index in [0.29, 0.717) is 12.5 Å². The van der Waals surface area contributed by atoms with Gasteiger partial charge in [-0.25, -0.2) is 0 Å². The summed E-state index contributed by atoms with van der Waals surface area (Å²) in [6.07, 6.45) is 13.3. The van der Waals surface area contributed by atoms with E-state index in [1.807, 2.05) is 0 Å². The molecule has 1 aromatic rings. The average molecular weight is 317 g/mol. The quantitative estimate of drug-likeness (QED) is 0.583. The summed E-state index contributed by atoms with van der Waals surface area (Å²) in [6, 6.07) is 9.26. The van der Waals surface area contributed by atoms with Crippen molar-refractivity contribution >= 4 is 0 Å². The Morgan fingerprint density at radius 2 is 1.61 bits per heavy atom. The number of hydrogen-bond donors (Lipinski definition) is 1. The third-order valence-corrected chi connectivity index (χ3v) is 5.85. The molecule has 130 valence electrons. The van der Waals surface area contributed by atoms with Crippen LogP contribution in [-0.2, 0) is 6.42 Å². The van der Waals surface area contributed by atoms with Gasteiger partial charge in [0.25, 0.3) is 0 Å². The summed E-state index contributed by atoms with van der Waals surface area (Å²) < 4.78 is 0. The lowest BCUT2D eigenvalue weighted by molar-refractivity contribution is 0.252. The van der Waals surface area contributed by atoms with Gasteiger partial charge in [-0.1, -0.05) is 76.6 Å². The first-order chi connectivity index (χ1) is 11.2. The molecule has 0 bridgehead atoms. The van der Waals surface area contributed by atoms with Crippen LogP contribution in [0.4, 0.5) is 0 Å². The van der Waals surface area contributed by atoms with E-state index < -0.39 is 0 Å². The Labute approximate surface area is 143 Å². The van der Waals surface area contributed by atoms with E-state index in [-0.39, 0.29) is 0 Å². The summed E-state index contributed by atoms with van der Waals surface area (Å²) >= 11 is 0. The molecule has 1 fully saturated rings. The van der Waals surface area contributed by atoms with E-state index in [2.05, 4.69) is 38.1 Å². The van der Waals surface area contributed by atoms with E-state index >= 15 is 0 Å². The minimum absolute atomic E-state index is 0.308. The lowest BCUT2D eigenvalue weighted by Crippen LogP contribution is -2.15. The highest BCUT2D eigenvalue weighted by Crippen LogP contribution is 2.34. The number of benzene rings is 1. The number of rotatable bonds is 9. The molecule has 1 heteroatoms. The van der Waals surface area contributed by atoms with Crippen LogP contribution < -0.4 is 0 Å². The Balaban J connectivity index is 1.72. The standard InChI is InChI=1S/C22H36O/c1-3-5-19-7-9-20(10-8-19)11-12-21-13-15-22(16-14-21)18(2)6-4-17-23/h13-16,18-20,23H,3-12,17H2,1-2H3. The molecular weight excluding hydrogens is 280 g/mol. The number of aryl methyl sites for hydroxylation is 1. The van der Waals surface area contributed by atoms with Gasteiger partial charge in [0, 0.05) is 6.61 Å². The van der Waals surface area contributed by atoms with Crippen molar-refractivity contribution < 1.29 is 5.11 Å². The van der Waals surface area contributed by atoms with E-state index in [0.717, 1.165) is 24.7 Å². The van der Waals surface area contributed by atoms with Gasteiger partial charge in [0.1, 0.15) is 0 Å². The van der Waals surface area contributed by atoms with E-state index in [1.54, 1.807) is 0 Å². The first-order valence-corrected chi connectivity index (χ1v) is 9.92. The molecule has 1 aliphatic rings. The summed E-state index contributed by atoms with van der Waals surface area (Å²) in [5.41, 5.74) is 2.92. The topological polar surface area (TPSA) is 20.2 Å². The van der Waals surface area contributed by atoms with Crippen LogP contribution in [0.15, 0.2) is 24.3 Å². The highest BCUT2D eigenvalue weighted by atomic mass is 16.2. The van der Waals surface area contributed by atoms with Crippen molar-refractivity contribution in [2.75, 3.05) is 6.61 Å². The molecule has 23 heavy (non-hydrogen) atoms. The van der Waals surface area contributed by atoms with Crippen LogP contribution in [0.2, 0.25) is 0 Å². The van der Waals surface area contributed by atoms with Crippen molar-refractivity contribution in [1.82, 2.24) is 0 Å². The molecule has 0 saturated heterocycles. The second-order valence-corrected chi connectivity index (χ2v) is 7.72. The highest BCUT2D eigenvalue weighted by molar-refractivity contribution is 5.25. The van der Waals surface area contributed by atoms with Gasteiger partial charge in [-0.3, -0.25) is 0 Å². The molecule has 0 spiro atoms. The zero-order valence-corrected chi connectivity index (χ0v) is 15.3. The maximum atomic E-state index is 8.95. The van der Waals surface area contributed by atoms with Crippen molar-refractivity contribution in [1.29, 1.82) is 0 Å². The van der Waals surface area contributed by atoms with Gasteiger partial charge in [0.2, 0.25) is 0 Å². The van der Waals surface area contributed by atoms with Gasteiger partial charge in [0.05, 0.1) is 0 Å². The highest BCUT2D eigenvalue weighted by Gasteiger charge is 2.20. The van der Waals surface area contributed by atoms with Crippen molar-refractivity contribution in [3.05, 3.63) is 35.4 Å². The Kier molecular flexibility index (Phi) is 8.16. The van der Waals surface area contributed by atoms with Crippen molar-refractivity contribution in [2.45, 2.75) is 84.0 Å². The number of aliphatic hydroxyl groups excluding tert-OH is 1. The van der Waals surface area contributed by atoms with Gasteiger partial charge in [-0.05, 0) is 54.6 Å². The monoisotopic (exact) mass is 316 g/mol. The molecule has 0 aromatic heterocycles. The maximum Gasteiger partial charge on any atom is 0.0431 e. The van der Waals surface area contributed by atoms with Gasteiger partial charge >= 0.3 is 0 Å². The maximum absolute atomic E-state index is 8.95. The van der Waals surface area contributed by atoms with Crippen molar-refractivity contribution in [2.24, 2.45) is 11.8 Å². The summed E-state index contributed by atoms with van der Waals surface area (Å²) in [4.78, 5) is 0. The fourth-order valence-electron chi connectivity index (χ4n) is 4.16. The summed E-state index contributed by atoms with van der Waals surface area (Å²) in [6.45, 7) is 4.89. The van der Waals surface area contributed by atoms with Gasteiger partial charge < -0.3 is 5.11 Å². The summed E-state index contributed by atoms with van der Waals surface area (Å²) in [5, 5.41) is 8.95. The number of aliphatic hydroxyl groups is 1. The molecule has 1 atom stereocenters. The van der Waals surface area contributed by atoms with Gasteiger partial charge in [-0.2, -0.15) is 0 Å². The Bertz CT molecular complexity index is 414. The second-order valence-electron chi connectivity index (χ2n) is 7.72. The Hall–Kier alpha value is -0.820. The zero-order chi connectivity index (χ0) is 16.5. The fourth-order valence-corrected chi connectivity index (χ4v) is 4.16. The molecule has 0 amide bonds. The minimum atomic E-state index is 0.308. The zero-order valence-electron chi connectivity index (χ0n) is 15.3. The van der Waals surface area contributed by atoms with Crippen molar-refractivity contribution in [3.8, 4) is 0 Å². The van der Waals surface area contributed by atoms with Gasteiger partial charge in [0.15, 0.2) is 0 Å².